The number of alkyl halides is 2. The lowest BCUT2D eigenvalue weighted by molar-refractivity contribution is -0.136. The third-order valence-electron chi connectivity index (χ3n) is 5.81. The van der Waals surface area contributed by atoms with Crippen LogP contribution in [0.3, 0.4) is 0 Å². The highest BCUT2D eigenvalue weighted by Crippen LogP contribution is 2.46. The monoisotopic (exact) mass is 402 g/mol. The molecule has 3 N–H and O–H groups in total. The van der Waals surface area contributed by atoms with Crippen LogP contribution in [0.4, 0.5) is 8.78 Å². The smallest absolute Gasteiger partial charge is 0.303 e. The number of aliphatic hydroxyl groups is 2. The number of halogens is 2. The van der Waals surface area contributed by atoms with Crippen LogP contribution in [0.5, 0.6) is 0 Å². The first-order valence-electron chi connectivity index (χ1n) is 10.1. The Morgan fingerprint density at radius 1 is 1.39 bits per heavy atom. The van der Waals surface area contributed by atoms with Crippen molar-refractivity contribution in [3.05, 3.63) is 24.3 Å². The number of carboxylic acid groups (broad SMARTS) is 1. The lowest BCUT2D eigenvalue weighted by atomic mass is 9.87. The predicted octanol–water partition coefficient (Wildman–Crippen LogP) is 3.35. The lowest BCUT2D eigenvalue weighted by Gasteiger charge is -2.25. The van der Waals surface area contributed by atoms with Gasteiger partial charge in [0.1, 0.15) is 24.0 Å². The van der Waals surface area contributed by atoms with E-state index in [0.29, 0.717) is 12.8 Å². The zero-order valence-corrected chi connectivity index (χ0v) is 16.5. The van der Waals surface area contributed by atoms with E-state index in [1.807, 2.05) is 6.92 Å². The summed E-state index contributed by atoms with van der Waals surface area (Å²) in [6.07, 6.45) is 3.51. The summed E-state index contributed by atoms with van der Waals surface area (Å²) in [5.74, 6) is -2.06. The first-order chi connectivity index (χ1) is 13.2. The van der Waals surface area contributed by atoms with Crippen molar-refractivity contribution in [2.75, 3.05) is 0 Å². The van der Waals surface area contributed by atoms with E-state index in [-0.39, 0.29) is 19.3 Å². The van der Waals surface area contributed by atoms with Gasteiger partial charge in [0.2, 0.25) is 0 Å². The largest absolute Gasteiger partial charge is 0.481 e. The van der Waals surface area contributed by atoms with E-state index in [4.69, 9.17) is 9.84 Å². The van der Waals surface area contributed by atoms with E-state index in [1.165, 1.54) is 25.2 Å². The zero-order chi connectivity index (χ0) is 20.9. The Balaban J connectivity index is 1.99. The molecule has 1 aliphatic heterocycles. The summed E-state index contributed by atoms with van der Waals surface area (Å²) in [7, 11) is 0. The molecule has 1 heterocycles. The van der Waals surface area contributed by atoms with Crippen molar-refractivity contribution >= 4 is 5.97 Å². The first kappa shape index (κ1) is 23.0. The number of allylic oxidation sites excluding steroid dienone is 1. The second-order valence-corrected chi connectivity index (χ2v) is 8.11. The second kappa shape index (κ2) is 9.94. The number of aliphatic hydroxyl groups excluding tert-OH is 2. The molecule has 0 amide bonds. The second-order valence-electron chi connectivity index (χ2n) is 8.11. The standard InChI is InChI=1S/C21H32F2O5/c1-3-4-11-21(2,23)17(25)10-9-13-14(24)12-16-19(13)20(22)15(28-16)7-5-6-8-18(26)27/h5,7,9-10,13-17,19-20,24-25H,3-4,6,8,11-12H2,1-2H3,(H,26,27)/b7-5+,10-9+/t13-,14+,15+,16+,17+,19+,20?,21?/m0/s1. The van der Waals surface area contributed by atoms with Gasteiger partial charge in [-0.3, -0.25) is 4.79 Å². The average Bonchev–Trinajstić information content (AvgIpc) is 3.09. The van der Waals surface area contributed by atoms with E-state index in [0.717, 1.165) is 6.42 Å². The van der Waals surface area contributed by atoms with Crippen LogP contribution < -0.4 is 0 Å². The fourth-order valence-electron chi connectivity index (χ4n) is 4.07. The van der Waals surface area contributed by atoms with Gasteiger partial charge in [-0.2, -0.15) is 0 Å². The van der Waals surface area contributed by atoms with Gasteiger partial charge in [0.25, 0.3) is 0 Å². The lowest BCUT2D eigenvalue weighted by Crippen LogP contribution is -2.34. The van der Waals surface area contributed by atoms with Crippen molar-refractivity contribution in [2.24, 2.45) is 11.8 Å². The number of rotatable bonds is 10. The molecule has 1 saturated carbocycles. The Morgan fingerprint density at radius 3 is 2.75 bits per heavy atom. The minimum absolute atomic E-state index is 0.0327. The Hall–Kier alpha value is -1.31. The van der Waals surface area contributed by atoms with Crippen molar-refractivity contribution in [3.8, 4) is 0 Å². The molecule has 2 rings (SSSR count). The first-order valence-corrected chi connectivity index (χ1v) is 10.1. The maximum atomic E-state index is 14.9. The van der Waals surface area contributed by atoms with Gasteiger partial charge < -0.3 is 20.1 Å². The van der Waals surface area contributed by atoms with Gasteiger partial charge in [-0.25, -0.2) is 8.78 Å². The highest BCUT2D eigenvalue weighted by Gasteiger charge is 2.54. The van der Waals surface area contributed by atoms with Crippen LogP contribution in [0, 0.1) is 11.8 Å². The fraction of sp³-hybridized carbons (Fsp3) is 0.762. The SMILES string of the molecule is CCCCC(C)(F)[C@H](O)/C=C/[C@@H]1[C@H]2C(F)[C@@H](/C=C/CCC(=O)O)O[C@@H]2C[C@H]1O. The molecule has 0 radical (unpaired) electrons. The third-order valence-corrected chi connectivity index (χ3v) is 5.81. The normalized spacial score (nSPS) is 36.1. The Kier molecular flexibility index (Phi) is 8.16. The summed E-state index contributed by atoms with van der Waals surface area (Å²) >= 11 is 0. The fourth-order valence-corrected chi connectivity index (χ4v) is 4.07. The van der Waals surface area contributed by atoms with Gasteiger partial charge in [0, 0.05) is 24.7 Å². The summed E-state index contributed by atoms with van der Waals surface area (Å²) in [6, 6.07) is 0. The molecule has 2 unspecified atom stereocenters. The highest BCUT2D eigenvalue weighted by atomic mass is 19.1. The summed E-state index contributed by atoms with van der Waals surface area (Å²) in [4.78, 5) is 10.5. The Labute approximate surface area is 165 Å². The molecule has 2 aliphatic rings. The zero-order valence-electron chi connectivity index (χ0n) is 16.5. The number of carboxylic acids is 1. The summed E-state index contributed by atoms with van der Waals surface area (Å²) in [5.41, 5.74) is -1.77. The summed E-state index contributed by atoms with van der Waals surface area (Å²) in [6.45, 7) is 3.29. The molecule has 0 spiro atoms. The molecular formula is C21H32F2O5. The number of unbranched alkanes of at least 4 members (excludes halogenated alkanes) is 1. The van der Waals surface area contributed by atoms with Crippen LogP contribution in [0.2, 0.25) is 0 Å². The number of fused-ring (bicyclic) bond motifs is 1. The molecule has 0 aromatic heterocycles. The topological polar surface area (TPSA) is 87.0 Å². The van der Waals surface area contributed by atoms with Crippen molar-refractivity contribution in [1.82, 2.24) is 0 Å². The molecule has 0 aromatic rings. The van der Waals surface area contributed by atoms with E-state index < -0.39 is 54.1 Å². The van der Waals surface area contributed by atoms with Gasteiger partial charge in [0.05, 0.1) is 12.2 Å². The van der Waals surface area contributed by atoms with Crippen molar-refractivity contribution in [1.29, 1.82) is 0 Å². The van der Waals surface area contributed by atoms with Crippen LogP contribution in [-0.2, 0) is 9.53 Å². The number of hydrogen-bond acceptors (Lipinski definition) is 4. The van der Waals surface area contributed by atoms with Crippen LogP contribution in [0.15, 0.2) is 24.3 Å². The molecule has 1 saturated heterocycles. The van der Waals surface area contributed by atoms with E-state index in [2.05, 4.69) is 0 Å². The van der Waals surface area contributed by atoms with Gasteiger partial charge in [-0.05, 0) is 19.8 Å². The Morgan fingerprint density at radius 2 is 2.11 bits per heavy atom. The van der Waals surface area contributed by atoms with Crippen molar-refractivity contribution in [3.63, 3.8) is 0 Å². The van der Waals surface area contributed by atoms with Crippen LogP contribution in [0.1, 0.15) is 52.4 Å². The quantitative estimate of drug-likeness (QED) is 0.488. The maximum Gasteiger partial charge on any atom is 0.303 e. The number of hydrogen-bond donors (Lipinski definition) is 3. The van der Waals surface area contributed by atoms with E-state index in [1.54, 1.807) is 6.08 Å². The van der Waals surface area contributed by atoms with Crippen molar-refractivity contribution < 1.29 is 33.6 Å². The van der Waals surface area contributed by atoms with Crippen LogP contribution in [-0.4, -0.2) is 57.5 Å². The maximum absolute atomic E-state index is 14.9. The molecular weight excluding hydrogens is 370 g/mol. The average molecular weight is 402 g/mol. The molecule has 28 heavy (non-hydrogen) atoms. The van der Waals surface area contributed by atoms with E-state index in [9.17, 15) is 23.8 Å². The van der Waals surface area contributed by atoms with Gasteiger partial charge in [-0.1, -0.05) is 44.1 Å². The minimum Gasteiger partial charge on any atom is -0.481 e. The predicted molar refractivity (Wildman–Crippen MR) is 101 cm³/mol. The number of carbonyl (C=O) groups is 1. The minimum atomic E-state index is -1.77. The molecule has 8 atom stereocenters. The molecule has 1 aliphatic carbocycles. The highest BCUT2D eigenvalue weighted by molar-refractivity contribution is 5.66. The number of ether oxygens (including phenoxy) is 1. The van der Waals surface area contributed by atoms with Crippen LogP contribution >= 0.6 is 0 Å². The van der Waals surface area contributed by atoms with Gasteiger partial charge in [0.15, 0.2) is 0 Å². The molecule has 0 aromatic carbocycles. The van der Waals surface area contributed by atoms with Gasteiger partial charge >= 0.3 is 5.97 Å². The number of aliphatic carboxylic acids is 1. The molecule has 2 fully saturated rings. The van der Waals surface area contributed by atoms with Gasteiger partial charge in [-0.15, -0.1) is 0 Å². The molecule has 7 heteroatoms. The summed E-state index contributed by atoms with van der Waals surface area (Å²) in [5, 5.41) is 29.1. The molecule has 5 nitrogen and oxygen atoms in total. The van der Waals surface area contributed by atoms with E-state index >= 15 is 0 Å². The van der Waals surface area contributed by atoms with Crippen LogP contribution in [0.25, 0.3) is 0 Å². The summed E-state index contributed by atoms with van der Waals surface area (Å²) < 4.78 is 35.2. The Bertz CT molecular complexity index is 577. The molecule has 0 bridgehead atoms. The third kappa shape index (κ3) is 5.61. The molecule has 160 valence electrons. The van der Waals surface area contributed by atoms with Crippen molar-refractivity contribution in [2.45, 2.75) is 88.6 Å².